The number of rotatable bonds is 12. The van der Waals surface area contributed by atoms with Gasteiger partial charge in [-0.1, -0.05) is 13.3 Å². The molecule has 4 N–H and O–H groups in total. The molecule has 11 heteroatoms. The number of nitrogens with one attached hydrogen (secondary N) is 2. The molecule has 0 aromatic rings. The molecule has 3 unspecified atom stereocenters. The summed E-state index contributed by atoms with van der Waals surface area (Å²) in [6.45, 7) is 8.39. The summed E-state index contributed by atoms with van der Waals surface area (Å²) in [5.41, 5.74) is 4.94. The number of amides is 3. The molecule has 0 aromatic heterocycles. The topological polar surface area (TPSA) is 146 Å². The Kier molecular flexibility index (Phi) is 11.1. The molecule has 152 valence electrons. The van der Waals surface area contributed by atoms with Crippen LogP contribution in [-0.4, -0.2) is 49.1 Å². The summed E-state index contributed by atoms with van der Waals surface area (Å²) in [7, 11) is -3.52. The second-order valence-electron chi connectivity index (χ2n) is 5.50. The average molecular weight is 395 g/mol. The highest BCUT2D eigenvalue weighted by molar-refractivity contribution is 7.54. The number of ether oxygens (including phenoxy) is 1. The predicted molar refractivity (Wildman–Crippen MR) is 95.4 cm³/mol. The van der Waals surface area contributed by atoms with E-state index in [1.807, 2.05) is 0 Å². The van der Waals surface area contributed by atoms with Crippen LogP contribution in [0.15, 0.2) is 0 Å². The van der Waals surface area contributed by atoms with Crippen molar-refractivity contribution in [2.75, 3.05) is 13.2 Å². The van der Waals surface area contributed by atoms with Gasteiger partial charge in [-0.05, 0) is 34.1 Å². The van der Waals surface area contributed by atoms with Crippen LogP contribution in [0.1, 0.15) is 47.5 Å². The Morgan fingerprint density at radius 1 is 1.00 bits per heavy atom. The standard InChI is InChI=1S/C15H30N3O7P/c1-6-9-12(25-15(16)21)14(20)17-10(4)13(19)18-11(5)26(22,23-7-2)24-8-3/h10-12H,6-9H2,1-5H3,(H2,16,21)(H,17,20)(H,18,19). The van der Waals surface area contributed by atoms with Crippen LogP contribution in [0.5, 0.6) is 0 Å². The first-order valence-corrected chi connectivity index (χ1v) is 10.2. The Morgan fingerprint density at radius 3 is 1.96 bits per heavy atom. The van der Waals surface area contributed by atoms with Gasteiger partial charge in [0, 0.05) is 0 Å². The molecule has 0 aliphatic carbocycles. The SMILES string of the molecule is CCCC(OC(N)=O)C(=O)NC(C)C(=O)NC(C)P(=O)(OCC)OCC. The average Bonchev–Trinajstić information content (AvgIpc) is 2.54. The first-order valence-electron chi connectivity index (χ1n) is 8.56. The van der Waals surface area contributed by atoms with E-state index in [-0.39, 0.29) is 19.6 Å². The quantitative estimate of drug-likeness (QED) is 0.424. The van der Waals surface area contributed by atoms with Crippen molar-refractivity contribution in [3.05, 3.63) is 0 Å². The minimum absolute atomic E-state index is 0.160. The van der Waals surface area contributed by atoms with Gasteiger partial charge in [0.25, 0.3) is 5.91 Å². The molecule has 0 saturated heterocycles. The Labute approximate surface area is 154 Å². The molecular weight excluding hydrogens is 365 g/mol. The Hall–Kier alpha value is -1.64. The molecule has 0 heterocycles. The van der Waals surface area contributed by atoms with Gasteiger partial charge in [0.15, 0.2) is 6.10 Å². The molecule has 0 radical (unpaired) electrons. The maximum Gasteiger partial charge on any atom is 0.405 e. The van der Waals surface area contributed by atoms with Gasteiger partial charge in [-0.15, -0.1) is 0 Å². The molecule has 0 aromatic carbocycles. The predicted octanol–water partition coefficient (Wildman–Crippen LogP) is 1.48. The summed E-state index contributed by atoms with van der Waals surface area (Å²) in [5, 5.41) is 4.94. The molecule has 0 fully saturated rings. The maximum absolute atomic E-state index is 12.6. The third-order valence-corrected chi connectivity index (χ3v) is 5.61. The summed E-state index contributed by atoms with van der Waals surface area (Å²) in [6, 6.07) is -0.961. The van der Waals surface area contributed by atoms with Crippen LogP contribution in [0.2, 0.25) is 0 Å². The van der Waals surface area contributed by atoms with Crippen LogP contribution in [-0.2, 0) is 27.9 Å². The van der Waals surface area contributed by atoms with Crippen LogP contribution in [0, 0.1) is 0 Å². The monoisotopic (exact) mass is 395 g/mol. The normalized spacial score (nSPS) is 14.8. The van der Waals surface area contributed by atoms with E-state index in [0.717, 1.165) is 0 Å². The minimum Gasteiger partial charge on any atom is -0.436 e. The van der Waals surface area contributed by atoms with E-state index < -0.39 is 43.4 Å². The first-order chi connectivity index (χ1) is 12.1. The zero-order chi connectivity index (χ0) is 20.3. The van der Waals surface area contributed by atoms with Crippen molar-refractivity contribution in [3.63, 3.8) is 0 Å². The lowest BCUT2D eigenvalue weighted by Crippen LogP contribution is -2.50. The van der Waals surface area contributed by atoms with Crippen molar-refractivity contribution in [2.24, 2.45) is 5.73 Å². The van der Waals surface area contributed by atoms with Gasteiger partial charge in [0.05, 0.1) is 13.2 Å². The third kappa shape index (κ3) is 8.16. The minimum atomic E-state index is -3.52. The zero-order valence-corrected chi connectivity index (χ0v) is 16.8. The number of hydrogen-bond donors (Lipinski definition) is 3. The van der Waals surface area contributed by atoms with E-state index >= 15 is 0 Å². The molecule has 0 aliphatic rings. The second-order valence-corrected chi connectivity index (χ2v) is 7.88. The smallest absolute Gasteiger partial charge is 0.405 e. The van der Waals surface area contributed by atoms with Crippen LogP contribution >= 0.6 is 7.60 Å². The van der Waals surface area contributed by atoms with Gasteiger partial charge in [-0.2, -0.15) is 0 Å². The summed E-state index contributed by atoms with van der Waals surface area (Å²) in [4.78, 5) is 35.3. The summed E-state index contributed by atoms with van der Waals surface area (Å²) >= 11 is 0. The van der Waals surface area contributed by atoms with Gasteiger partial charge in [-0.25, -0.2) is 4.79 Å². The number of hydrogen-bond acceptors (Lipinski definition) is 7. The van der Waals surface area contributed by atoms with Crippen LogP contribution in [0.25, 0.3) is 0 Å². The van der Waals surface area contributed by atoms with Gasteiger partial charge >= 0.3 is 13.7 Å². The molecule has 3 amide bonds. The lowest BCUT2D eigenvalue weighted by atomic mass is 10.2. The third-order valence-electron chi connectivity index (χ3n) is 3.30. The van der Waals surface area contributed by atoms with Crippen molar-refractivity contribution < 1.29 is 32.7 Å². The highest BCUT2D eigenvalue weighted by Crippen LogP contribution is 2.51. The van der Waals surface area contributed by atoms with Crippen LogP contribution < -0.4 is 16.4 Å². The number of carbonyl (C=O) groups excluding carboxylic acids is 3. The Balaban J connectivity index is 4.86. The van der Waals surface area contributed by atoms with E-state index in [9.17, 15) is 18.9 Å². The van der Waals surface area contributed by atoms with Gasteiger partial charge < -0.3 is 30.2 Å². The second kappa shape index (κ2) is 11.9. The van der Waals surface area contributed by atoms with Crippen molar-refractivity contribution in [2.45, 2.75) is 65.4 Å². The zero-order valence-electron chi connectivity index (χ0n) is 15.9. The summed E-state index contributed by atoms with van der Waals surface area (Å²) in [5.74, 6) is -2.12. The number of nitrogens with two attached hydrogens (primary N) is 1. The number of carbonyl (C=O) groups is 3. The lowest BCUT2D eigenvalue weighted by Gasteiger charge is -2.26. The first kappa shape index (κ1) is 24.4. The molecule has 0 bridgehead atoms. The fraction of sp³-hybridized carbons (Fsp3) is 0.800. The molecule has 26 heavy (non-hydrogen) atoms. The molecule has 0 spiro atoms. The largest absolute Gasteiger partial charge is 0.436 e. The Bertz CT molecular complexity index is 519. The van der Waals surface area contributed by atoms with Crippen molar-refractivity contribution in [3.8, 4) is 0 Å². The molecule has 10 nitrogen and oxygen atoms in total. The van der Waals surface area contributed by atoms with Crippen molar-refractivity contribution in [1.29, 1.82) is 0 Å². The molecule has 0 aliphatic heterocycles. The van der Waals surface area contributed by atoms with E-state index in [0.29, 0.717) is 6.42 Å². The van der Waals surface area contributed by atoms with Crippen molar-refractivity contribution in [1.82, 2.24) is 10.6 Å². The van der Waals surface area contributed by atoms with Crippen molar-refractivity contribution >= 4 is 25.5 Å². The fourth-order valence-electron chi connectivity index (χ4n) is 2.05. The highest BCUT2D eigenvalue weighted by atomic mass is 31.2. The summed E-state index contributed by atoms with van der Waals surface area (Å²) in [6.07, 6.45) is -1.31. The summed E-state index contributed by atoms with van der Waals surface area (Å²) < 4.78 is 27.7. The lowest BCUT2D eigenvalue weighted by molar-refractivity contribution is -0.134. The van der Waals surface area contributed by atoms with E-state index in [1.54, 1.807) is 20.8 Å². The van der Waals surface area contributed by atoms with Gasteiger partial charge in [0.2, 0.25) is 5.91 Å². The fourth-order valence-corrected chi connectivity index (χ4v) is 3.58. The van der Waals surface area contributed by atoms with Gasteiger partial charge in [-0.3, -0.25) is 14.2 Å². The van der Waals surface area contributed by atoms with E-state index in [1.165, 1.54) is 13.8 Å². The maximum atomic E-state index is 12.6. The van der Waals surface area contributed by atoms with Gasteiger partial charge in [0.1, 0.15) is 11.8 Å². The van der Waals surface area contributed by atoms with Crippen LogP contribution in [0.4, 0.5) is 4.79 Å². The van der Waals surface area contributed by atoms with Crippen LogP contribution in [0.3, 0.4) is 0 Å². The molecule has 3 atom stereocenters. The van der Waals surface area contributed by atoms with E-state index in [2.05, 4.69) is 10.6 Å². The highest BCUT2D eigenvalue weighted by Gasteiger charge is 2.34. The molecule has 0 rings (SSSR count). The Morgan fingerprint density at radius 2 is 1.54 bits per heavy atom. The number of primary amides is 1. The molecule has 0 saturated carbocycles. The molecular formula is C15H30N3O7P. The van der Waals surface area contributed by atoms with E-state index in [4.69, 9.17) is 19.5 Å².